The van der Waals surface area contributed by atoms with Gasteiger partial charge in [-0.1, -0.05) is 146 Å². The van der Waals surface area contributed by atoms with Crippen LogP contribution < -0.4 is 0 Å². The largest absolute Gasteiger partial charge is 0.455 e. The monoisotopic (exact) mass is 681 g/mol. The summed E-state index contributed by atoms with van der Waals surface area (Å²) in [6, 6.07) is 57.2. The number of fused-ring (bicyclic) bond motifs is 9. The molecule has 0 aliphatic rings. The molecule has 0 saturated carbocycles. The van der Waals surface area contributed by atoms with E-state index in [9.17, 15) is 0 Å². The van der Waals surface area contributed by atoms with E-state index in [2.05, 4.69) is 133 Å². The fourth-order valence-electron chi connectivity index (χ4n) is 7.84. The minimum absolute atomic E-state index is 0.632. The Morgan fingerprint density at radius 1 is 0.404 bits per heavy atom. The molecule has 0 N–H and O–H groups in total. The van der Waals surface area contributed by atoms with Crippen molar-refractivity contribution in [3.05, 3.63) is 164 Å². The summed E-state index contributed by atoms with van der Waals surface area (Å²) in [6.07, 6.45) is 0. The molecule has 242 valence electrons. The second-order valence-corrected chi connectivity index (χ2v) is 14.1. The fourth-order valence-corrected chi connectivity index (χ4v) is 9.05. The van der Waals surface area contributed by atoms with E-state index >= 15 is 0 Å². The van der Waals surface area contributed by atoms with E-state index in [0.717, 1.165) is 70.3 Å². The van der Waals surface area contributed by atoms with E-state index in [0.29, 0.717) is 17.5 Å². The van der Waals surface area contributed by atoms with Gasteiger partial charge in [-0.2, -0.15) is 0 Å². The standard InChI is InChI=1S/C47H27N3OS/c1-3-15-28(16-4-1)40-31-20-7-9-22-33(31)41(34-23-10-8-21-32(34)40)47-49-45(29-17-5-2-6-18-29)48-46(50-47)37-27-36-30-19-11-13-25-38(30)51-43(36)42-35-24-12-14-26-39(35)52-44(37)42/h1-27H. The lowest BCUT2D eigenvalue weighted by molar-refractivity contribution is 0.673. The SMILES string of the molecule is c1ccc(-c2nc(-c3c4ccccc4c(-c4ccccc4)c4ccccc34)nc(-c3cc4c5ccccc5oc4c4c3sc3ccccc34)n2)cc1. The second-order valence-electron chi connectivity index (χ2n) is 13.1. The third-order valence-electron chi connectivity index (χ3n) is 10.1. The number of aromatic nitrogens is 3. The summed E-state index contributed by atoms with van der Waals surface area (Å²) in [7, 11) is 0. The highest BCUT2D eigenvalue weighted by Crippen LogP contribution is 2.47. The van der Waals surface area contributed by atoms with E-state index < -0.39 is 0 Å². The van der Waals surface area contributed by atoms with Crippen LogP contribution in [0.3, 0.4) is 0 Å². The molecule has 8 aromatic carbocycles. The molecule has 0 unspecified atom stereocenters. The first-order valence-electron chi connectivity index (χ1n) is 17.4. The Morgan fingerprint density at radius 2 is 0.923 bits per heavy atom. The molecule has 3 heterocycles. The van der Waals surface area contributed by atoms with Crippen LogP contribution in [0.15, 0.2) is 168 Å². The van der Waals surface area contributed by atoms with Gasteiger partial charge in [-0.05, 0) is 50.9 Å². The zero-order chi connectivity index (χ0) is 34.2. The van der Waals surface area contributed by atoms with Crippen molar-refractivity contribution in [2.75, 3.05) is 0 Å². The van der Waals surface area contributed by atoms with Crippen LogP contribution in [0.25, 0.3) is 109 Å². The topological polar surface area (TPSA) is 51.8 Å². The lowest BCUT2D eigenvalue weighted by atomic mass is 9.88. The number of thiophene rings is 1. The molecule has 0 bridgehead atoms. The Kier molecular flexibility index (Phi) is 6.39. The highest BCUT2D eigenvalue weighted by atomic mass is 32.1. The number of furan rings is 1. The fraction of sp³-hybridized carbons (Fsp3) is 0. The molecular formula is C47H27N3OS. The van der Waals surface area contributed by atoms with Crippen LogP contribution in [0.4, 0.5) is 0 Å². The molecule has 52 heavy (non-hydrogen) atoms. The van der Waals surface area contributed by atoms with Gasteiger partial charge in [0.15, 0.2) is 17.5 Å². The number of rotatable bonds is 4. The lowest BCUT2D eigenvalue weighted by Gasteiger charge is -2.17. The average Bonchev–Trinajstić information content (AvgIpc) is 3.79. The smallest absolute Gasteiger partial charge is 0.165 e. The molecule has 0 radical (unpaired) electrons. The van der Waals surface area contributed by atoms with Gasteiger partial charge in [-0.15, -0.1) is 11.3 Å². The summed E-state index contributed by atoms with van der Waals surface area (Å²) >= 11 is 1.76. The first-order chi connectivity index (χ1) is 25.8. The Balaban J connectivity index is 1.28. The van der Waals surface area contributed by atoms with E-state index in [1.807, 2.05) is 30.3 Å². The normalized spacial score (nSPS) is 11.8. The minimum Gasteiger partial charge on any atom is -0.455 e. The quantitative estimate of drug-likeness (QED) is 0.174. The van der Waals surface area contributed by atoms with Gasteiger partial charge >= 0.3 is 0 Å². The Bertz CT molecular complexity index is 3130. The highest BCUT2D eigenvalue weighted by molar-refractivity contribution is 7.26. The summed E-state index contributed by atoms with van der Waals surface area (Å²) < 4.78 is 8.89. The summed E-state index contributed by atoms with van der Waals surface area (Å²) in [5.74, 6) is 1.91. The van der Waals surface area contributed by atoms with Crippen molar-refractivity contribution >= 4 is 75.0 Å². The summed E-state index contributed by atoms with van der Waals surface area (Å²) in [4.78, 5) is 16.0. The predicted molar refractivity (Wildman–Crippen MR) is 217 cm³/mol. The summed E-state index contributed by atoms with van der Waals surface area (Å²) in [5, 5.41) is 8.89. The van der Waals surface area contributed by atoms with Crippen molar-refractivity contribution in [3.8, 4) is 45.3 Å². The number of para-hydroxylation sites is 1. The van der Waals surface area contributed by atoms with Crippen LogP contribution in [0.1, 0.15) is 0 Å². The zero-order valence-corrected chi connectivity index (χ0v) is 28.6. The summed E-state index contributed by atoms with van der Waals surface area (Å²) in [6.45, 7) is 0. The molecule has 0 saturated heterocycles. The molecule has 4 nitrogen and oxygen atoms in total. The van der Waals surface area contributed by atoms with Crippen LogP contribution in [0.5, 0.6) is 0 Å². The van der Waals surface area contributed by atoms with Crippen LogP contribution >= 0.6 is 11.3 Å². The van der Waals surface area contributed by atoms with E-state index in [1.54, 1.807) is 11.3 Å². The molecule has 11 rings (SSSR count). The molecule has 0 amide bonds. The maximum atomic E-state index is 6.61. The maximum Gasteiger partial charge on any atom is 0.165 e. The minimum atomic E-state index is 0.632. The average molecular weight is 682 g/mol. The van der Waals surface area contributed by atoms with Gasteiger partial charge in [0.25, 0.3) is 0 Å². The van der Waals surface area contributed by atoms with Crippen LogP contribution in [0, 0.1) is 0 Å². The van der Waals surface area contributed by atoms with Crippen molar-refractivity contribution in [1.82, 2.24) is 15.0 Å². The van der Waals surface area contributed by atoms with Gasteiger partial charge in [0.05, 0.1) is 4.70 Å². The maximum absolute atomic E-state index is 6.61. The molecular weight excluding hydrogens is 655 g/mol. The Labute approximate surface area is 302 Å². The van der Waals surface area contributed by atoms with Gasteiger partial charge in [0.2, 0.25) is 0 Å². The Morgan fingerprint density at radius 3 is 1.62 bits per heavy atom. The molecule has 3 aromatic heterocycles. The Hall–Kier alpha value is -6.69. The summed E-state index contributed by atoms with van der Waals surface area (Å²) in [5.41, 5.74) is 7.03. The van der Waals surface area contributed by atoms with Crippen molar-refractivity contribution in [3.63, 3.8) is 0 Å². The highest BCUT2D eigenvalue weighted by Gasteiger charge is 2.24. The molecule has 0 aliphatic carbocycles. The molecule has 5 heteroatoms. The number of benzene rings is 8. The van der Waals surface area contributed by atoms with Crippen LogP contribution in [0.2, 0.25) is 0 Å². The molecule has 0 atom stereocenters. The van der Waals surface area contributed by atoms with E-state index in [4.69, 9.17) is 19.4 Å². The first kappa shape index (κ1) is 29.1. The lowest BCUT2D eigenvalue weighted by Crippen LogP contribution is -2.02. The third kappa shape index (κ3) is 4.36. The van der Waals surface area contributed by atoms with Crippen molar-refractivity contribution in [2.45, 2.75) is 0 Å². The van der Waals surface area contributed by atoms with Gasteiger partial charge in [0.1, 0.15) is 11.2 Å². The van der Waals surface area contributed by atoms with Crippen LogP contribution in [-0.2, 0) is 0 Å². The first-order valence-corrected chi connectivity index (χ1v) is 18.2. The van der Waals surface area contributed by atoms with E-state index in [-0.39, 0.29) is 0 Å². The predicted octanol–water partition coefficient (Wildman–Crippen LogP) is 13.1. The third-order valence-corrected chi connectivity index (χ3v) is 11.3. The number of hydrogen-bond acceptors (Lipinski definition) is 5. The van der Waals surface area contributed by atoms with Crippen molar-refractivity contribution < 1.29 is 4.42 Å². The molecule has 0 fully saturated rings. The van der Waals surface area contributed by atoms with Crippen molar-refractivity contribution in [2.24, 2.45) is 0 Å². The van der Waals surface area contributed by atoms with Gasteiger partial charge in [-0.3, -0.25) is 0 Å². The molecule has 0 aliphatic heterocycles. The van der Waals surface area contributed by atoms with Gasteiger partial charge < -0.3 is 4.42 Å². The second kappa shape index (κ2) is 11.4. The van der Waals surface area contributed by atoms with Gasteiger partial charge in [0, 0.05) is 42.9 Å². The number of hydrogen-bond donors (Lipinski definition) is 0. The van der Waals surface area contributed by atoms with E-state index in [1.165, 1.54) is 21.2 Å². The molecule has 0 spiro atoms. The number of nitrogens with zero attached hydrogens (tertiary/aromatic N) is 3. The molecule has 11 aromatic rings. The van der Waals surface area contributed by atoms with Gasteiger partial charge in [-0.25, -0.2) is 15.0 Å². The zero-order valence-electron chi connectivity index (χ0n) is 27.7. The van der Waals surface area contributed by atoms with Crippen molar-refractivity contribution in [1.29, 1.82) is 0 Å². The van der Waals surface area contributed by atoms with Crippen LogP contribution in [-0.4, -0.2) is 15.0 Å².